The minimum Gasteiger partial charge on any atom is -0.483 e. The fourth-order valence-electron chi connectivity index (χ4n) is 4.88. The normalized spacial score (nSPS) is 15.8. The molecule has 0 bridgehead atoms. The molecule has 1 aromatic carbocycles. The van der Waals surface area contributed by atoms with Gasteiger partial charge in [-0.3, -0.25) is 9.36 Å². The van der Waals surface area contributed by atoms with Crippen molar-refractivity contribution in [3.63, 3.8) is 0 Å². The van der Waals surface area contributed by atoms with Gasteiger partial charge in [-0.05, 0) is 80.2 Å². The first-order valence-electron chi connectivity index (χ1n) is 13.3. The van der Waals surface area contributed by atoms with Crippen LogP contribution in [0.2, 0.25) is 0 Å². The van der Waals surface area contributed by atoms with Crippen molar-refractivity contribution in [3.8, 4) is 11.8 Å². The molecule has 1 amide bonds. The highest BCUT2D eigenvalue weighted by Gasteiger charge is 2.32. The number of carbonyl (C=O) groups excluding carboxylic acids is 1. The molecule has 206 valence electrons. The largest absolute Gasteiger partial charge is 0.483 e. The van der Waals surface area contributed by atoms with Crippen LogP contribution < -0.4 is 10.1 Å². The molecule has 1 aliphatic rings. The number of thiophene rings is 1. The van der Waals surface area contributed by atoms with Crippen LogP contribution in [0.3, 0.4) is 0 Å². The van der Waals surface area contributed by atoms with Gasteiger partial charge in [-0.25, -0.2) is 0 Å². The first-order chi connectivity index (χ1) is 18.5. The van der Waals surface area contributed by atoms with Gasteiger partial charge in [0, 0.05) is 11.4 Å². The number of hydrogen-bond acceptors (Lipinski definition) is 7. The molecular formula is C30H37N5O2S2. The van der Waals surface area contributed by atoms with Crippen LogP contribution in [0.1, 0.15) is 73.2 Å². The maximum absolute atomic E-state index is 13.0. The summed E-state index contributed by atoms with van der Waals surface area (Å²) in [5.74, 6) is 1.99. The van der Waals surface area contributed by atoms with E-state index in [9.17, 15) is 10.1 Å². The summed E-state index contributed by atoms with van der Waals surface area (Å²) < 4.78 is 8.08. The lowest BCUT2D eigenvalue weighted by atomic mass is 9.72. The zero-order valence-electron chi connectivity index (χ0n) is 23.6. The number of aromatic nitrogens is 3. The van der Waals surface area contributed by atoms with E-state index in [4.69, 9.17) is 4.74 Å². The van der Waals surface area contributed by atoms with E-state index < -0.39 is 0 Å². The number of anilines is 1. The lowest BCUT2D eigenvalue weighted by molar-refractivity contribution is -0.113. The lowest BCUT2D eigenvalue weighted by Crippen LogP contribution is -2.26. The van der Waals surface area contributed by atoms with Crippen LogP contribution in [0.5, 0.6) is 5.75 Å². The highest BCUT2D eigenvalue weighted by Crippen LogP contribution is 2.44. The van der Waals surface area contributed by atoms with Gasteiger partial charge >= 0.3 is 0 Å². The number of amides is 1. The van der Waals surface area contributed by atoms with Gasteiger partial charge in [-0.1, -0.05) is 44.7 Å². The number of hydrogen-bond donors (Lipinski definition) is 1. The Kier molecular flexibility index (Phi) is 8.87. The van der Waals surface area contributed by atoms with E-state index >= 15 is 0 Å². The molecule has 0 saturated carbocycles. The summed E-state index contributed by atoms with van der Waals surface area (Å²) in [7, 11) is 0. The third kappa shape index (κ3) is 6.56. The van der Waals surface area contributed by atoms with Crippen LogP contribution in [0, 0.1) is 36.5 Å². The lowest BCUT2D eigenvalue weighted by Gasteiger charge is -2.33. The smallest absolute Gasteiger partial charge is 0.235 e. The third-order valence-electron chi connectivity index (χ3n) is 7.40. The van der Waals surface area contributed by atoms with E-state index in [-0.39, 0.29) is 23.2 Å². The average Bonchev–Trinajstić information content (AvgIpc) is 3.44. The van der Waals surface area contributed by atoms with Crippen molar-refractivity contribution < 1.29 is 9.53 Å². The third-order valence-corrected chi connectivity index (χ3v) is 9.54. The molecule has 7 nitrogen and oxygen atoms in total. The predicted molar refractivity (Wildman–Crippen MR) is 159 cm³/mol. The Hall–Kier alpha value is -3.09. The maximum atomic E-state index is 13.0. The molecule has 2 aromatic heterocycles. The van der Waals surface area contributed by atoms with Crippen molar-refractivity contribution in [2.24, 2.45) is 11.3 Å². The fourth-order valence-corrected chi connectivity index (χ4v) is 6.93. The van der Waals surface area contributed by atoms with E-state index in [1.165, 1.54) is 22.2 Å². The van der Waals surface area contributed by atoms with Crippen LogP contribution in [-0.2, 0) is 24.2 Å². The number of fused-ring (bicyclic) bond motifs is 1. The van der Waals surface area contributed by atoms with Crippen LogP contribution in [0.15, 0.2) is 36.0 Å². The molecule has 39 heavy (non-hydrogen) atoms. The molecule has 0 radical (unpaired) electrons. The number of allylic oxidation sites excluding steroid dienone is 1. The molecule has 1 aliphatic carbocycles. The van der Waals surface area contributed by atoms with Gasteiger partial charge in [0.1, 0.15) is 16.8 Å². The number of nitrogens with one attached hydrogen (secondary N) is 1. The number of carbonyl (C=O) groups is 1. The molecule has 0 saturated heterocycles. The highest BCUT2D eigenvalue weighted by molar-refractivity contribution is 7.99. The second-order valence-corrected chi connectivity index (χ2v) is 13.3. The fraction of sp³-hybridized carbons (Fsp3) is 0.467. The molecule has 0 fully saturated rings. The molecular weight excluding hydrogens is 526 g/mol. The number of aryl methyl sites for hydroxylation is 2. The Morgan fingerprint density at radius 1 is 1.36 bits per heavy atom. The monoisotopic (exact) mass is 563 g/mol. The van der Waals surface area contributed by atoms with E-state index in [0.29, 0.717) is 34.0 Å². The van der Waals surface area contributed by atoms with Crippen molar-refractivity contribution in [1.29, 1.82) is 5.26 Å². The summed E-state index contributed by atoms with van der Waals surface area (Å²) in [5.41, 5.74) is 4.32. The quantitative estimate of drug-likeness (QED) is 0.222. The maximum Gasteiger partial charge on any atom is 0.235 e. The zero-order valence-corrected chi connectivity index (χ0v) is 25.3. The van der Waals surface area contributed by atoms with E-state index in [1.807, 2.05) is 29.7 Å². The molecule has 3 aromatic rings. The SMILES string of the molecule is C=CCn1c(SCC(=O)Nc2sc3c(c2C#N)CCC(C(C)(C)C)C3)nnc1C(C)Oc1ccc(C)c(C)c1. The molecule has 2 atom stereocenters. The molecule has 9 heteroatoms. The second kappa shape index (κ2) is 12.0. The van der Waals surface area contributed by atoms with Crippen molar-refractivity contribution in [2.75, 3.05) is 11.1 Å². The van der Waals surface area contributed by atoms with E-state index in [2.05, 4.69) is 62.8 Å². The van der Waals surface area contributed by atoms with Gasteiger partial charge in [0.2, 0.25) is 5.91 Å². The van der Waals surface area contributed by atoms with Gasteiger partial charge in [0.25, 0.3) is 0 Å². The van der Waals surface area contributed by atoms with E-state index in [1.54, 1.807) is 17.4 Å². The van der Waals surface area contributed by atoms with Gasteiger partial charge in [0.15, 0.2) is 17.1 Å². The number of thioether (sulfide) groups is 1. The van der Waals surface area contributed by atoms with Crippen molar-refractivity contribution in [1.82, 2.24) is 14.8 Å². The summed E-state index contributed by atoms with van der Waals surface area (Å²) >= 11 is 2.86. The molecule has 1 N–H and O–H groups in total. The number of nitriles is 1. The molecule has 0 spiro atoms. The molecule has 2 unspecified atom stereocenters. The summed E-state index contributed by atoms with van der Waals surface area (Å²) in [6, 6.07) is 8.35. The Bertz CT molecular complexity index is 1410. The Balaban J connectivity index is 1.43. The van der Waals surface area contributed by atoms with Crippen LogP contribution in [-0.4, -0.2) is 26.4 Å². The average molecular weight is 564 g/mol. The number of rotatable bonds is 9. The van der Waals surface area contributed by atoms with Crippen LogP contribution in [0.4, 0.5) is 5.00 Å². The minimum atomic E-state index is -0.338. The molecule has 4 rings (SSSR count). The first kappa shape index (κ1) is 28.9. The summed E-state index contributed by atoms with van der Waals surface area (Å²) in [6.07, 6.45) is 4.35. The van der Waals surface area contributed by atoms with Crippen LogP contribution >= 0.6 is 23.1 Å². The van der Waals surface area contributed by atoms with Gasteiger partial charge in [-0.15, -0.1) is 28.1 Å². The first-order valence-corrected chi connectivity index (χ1v) is 15.1. The predicted octanol–water partition coefficient (Wildman–Crippen LogP) is 7.04. The molecule has 2 heterocycles. The van der Waals surface area contributed by atoms with E-state index in [0.717, 1.165) is 36.1 Å². The number of benzene rings is 1. The standard InChI is InChI=1S/C30H37N5O2S2/c1-8-13-35-27(20(4)37-22-11-9-18(2)19(3)14-22)33-34-29(35)38-17-26(36)32-28-24(16-31)23-12-10-21(30(5,6)7)15-25(23)39-28/h8-9,11,14,20-21H,1,10,12-13,15,17H2,2-7H3,(H,32,36). The van der Waals surface area contributed by atoms with Crippen molar-refractivity contribution in [2.45, 2.75) is 78.6 Å². The molecule has 0 aliphatic heterocycles. The van der Waals surface area contributed by atoms with Crippen molar-refractivity contribution in [3.05, 3.63) is 63.8 Å². The Morgan fingerprint density at radius 2 is 2.13 bits per heavy atom. The van der Waals surface area contributed by atoms with Crippen LogP contribution in [0.25, 0.3) is 0 Å². The second-order valence-electron chi connectivity index (χ2n) is 11.2. The summed E-state index contributed by atoms with van der Waals surface area (Å²) in [4.78, 5) is 14.2. The van der Waals surface area contributed by atoms with Crippen molar-refractivity contribution >= 4 is 34.0 Å². The topological polar surface area (TPSA) is 92.8 Å². The van der Waals surface area contributed by atoms with Gasteiger partial charge < -0.3 is 10.1 Å². The highest BCUT2D eigenvalue weighted by atomic mass is 32.2. The van der Waals surface area contributed by atoms with Gasteiger partial charge in [-0.2, -0.15) is 5.26 Å². The summed E-state index contributed by atoms with van der Waals surface area (Å²) in [6.45, 7) is 17.2. The summed E-state index contributed by atoms with van der Waals surface area (Å²) in [5, 5.41) is 22.9. The number of ether oxygens (including phenoxy) is 1. The zero-order chi connectivity index (χ0) is 28.3. The minimum absolute atomic E-state index is 0.153. The van der Waals surface area contributed by atoms with Gasteiger partial charge in [0.05, 0.1) is 11.3 Å². The Morgan fingerprint density at radius 3 is 2.79 bits per heavy atom. The number of nitrogens with zero attached hydrogens (tertiary/aromatic N) is 4. The Labute approximate surface area is 239 Å².